The molecule has 0 aromatic carbocycles. The lowest BCUT2D eigenvalue weighted by Gasteiger charge is -2.34. The van der Waals surface area contributed by atoms with Gasteiger partial charge < -0.3 is 0 Å². The van der Waals surface area contributed by atoms with Crippen LogP contribution in [0.5, 0.6) is 0 Å². The topological polar surface area (TPSA) is 20.3 Å². The molecular formula is C11H17NO. The number of nitrogens with zero attached hydrogens (tertiary/aromatic N) is 1. The van der Waals surface area contributed by atoms with E-state index >= 15 is 0 Å². The number of hydrogen-bond donors (Lipinski definition) is 0. The van der Waals surface area contributed by atoms with Crippen LogP contribution in [0.25, 0.3) is 0 Å². The average Bonchev–Trinajstić information content (AvgIpc) is 2.34. The van der Waals surface area contributed by atoms with Crippen molar-refractivity contribution in [2.45, 2.75) is 32.2 Å². The van der Waals surface area contributed by atoms with E-state index in [-0.39, 0.29) is 5.78 Å². The van der Waals surface area contributed by atoms with Crippen LogP contribution in [0.1, 0.15) is 26.2 Å². The van der Waals surface area contributed by atoms with Crippen LogP contribution < -0.4 is 0 Å². The van der Waals surface area contributed by atoms with E-state index in [1.54, 1.807) is 6.92 Å². The molecule has 3 rings (SSSR count). The highest BCUT2D eigenvalue weighted by atomic mass is 16.1. The molecule has 0 spiro atoms. The van der Waals surface area contributed by atoms with E-state index in [0.717, 1.165) is 24.5 Å². The first-order valence-electron chi connectivity index (χ1n) is 5.09. The normalized spacial score (nSPS) is 34.2. The number of Topliss-reactive ketones (excluding diaryl/α,β-unsaturated/α-hetero) is 1. The molecule has 0 aromatic rings. The van der Waals surface area contributed by atoms with Crippen LogP contribution in [0.4, 0.5) is 0 Å². The molecule has 1 saturated heterocycles. The van der Waals surface area contributed by atoms with Crippen LogP contribution in [0.2, 0.25) is 0 Å². The van der Waals surface area contributed by atoms with E-state index in [1.807, 2.05) is 0 Å². The molecule has 2 bridgehead atoms. The summed E-state index contributed by atoms with van der Waals surface area (Å²) in [5.74, 6) is 1.05. The minimum atomic E-state index is 0.263. The standard InChI is InChI=1S/C11H17NO/c1-8(13)10-5-3-9-4-6-11(10)12(2)7-9/h5,9,11H,3-4,6-7H2,1-2H3/t9-,11-/m1/s1. The second kappa shape index (κ2) is 3.26. The summed E-state index contributed by atoms with van der Waals surface area (Å²) in [6.45, 7) is 2.86. The van der Waals surface area contributed by atoms with Crippen molar-refractivity contribution in [3.8, 4) is 0 Å². The lowest BCUT2D eigenvalue weighted by atomic mass is 9.92. The first-order valence-corrected chi connectivity index (χ1v) is 5.09. The summed E-state index contributed by atoms with van der Waals surface area (Å²) < 4.78 is 0. The van der Waals surface area contributed by atoms with Gasteiger partial charge in [0.2, 0.25) is 0 Å². The van der Waals surface area contributed by atoms with Crippen molar-refractivity contribution in [3.63, 3.8) is 0 Å². The number of likely N-dealkylation sites (N-methyl/N-ethyl adjacent to an activating group) is 1. The molecule has 0 saturated carbocycles. The van der Waals surface area contributed by atoms with E-state index in [4.69, 9.17) is 0 Å². The molecule has 1 fully saturated rings. The van der Waals surface area contributed by atoms with Gasteiger partial charge in [0.25, 0.3) is 0 Å². The number of piperidine rings is 1. The molecule has 0 N–H and O–H groups in total. The van der Waals surface area contributed by atoms with Crippen LogP contribution in [0.15, 0.2) is 11.6 Å². The number of allylic oxidation sites excluding steroid dienone is 1. The summed E-state index contributed by atoms with van der Waals surface area (Å²) in [4.78, 5) is 13.7. The molecule has 13 heavy (non-hydrogen) atoms. The highest BCUT2D eigenvalue weighted by molar-refractivity contribution is 5.94. The molecule has 2 aliphatic heterocycles. The fourth-order valence-electron chi connectivity index (χ4n) is 2.63. The molecule has 0 amide bonds. The quantitative estimate of drug-likeness (QED) is 0.609. The Bertz CT molecular complexity index is 257. The monoisotopic (exact) mass is 179 g/mol. The molecular weight excluding hydrogens is 162 g/mol. The van der Waals surface area contributed by atoms with E-state index in [1.165, 1.54) is 12.8 Å². The Hall–Kier alpha value is -0.630. The Morgan fingerprint density at radius 3 is 2.92 bits per heavy atom. The molecule has 0 radical (unpaired) electrons. The summed E-state index contributed by atoms with van der Waals surface area (Å²) in [7, 11) is 2.14. The second-order valence-electron chi connectivity index (χ2n) is 4.35. The van der Waals surface area contributed by atoms with Gasteiger partial charge in [-0.3, -0.25) is 9.69 Å². The SMILES string of the molecule is CC(=O)C1=CC[C@@H]2CC[C@H]1N(C)C2. The lowest BCUT2D eigenvalue weighted by Crippen LogP contribution is -2.40. The van der Waals surface area contributed by atoms with Crippen LogP contribution >= 0.6 is 0 Å². The van der Waals surface area contributed by atoms with Crippen LogP contribution in [0, 0.1) is 5.92 Å². The molecule has 0 aromatic heterocycles. The summed E-state index contributed by atoms with van der Waals surface area (Å²) >= 11 is 0. The molecule has 2 nitrogen and oxygen atoms in total. The van der Waals surface area contributed by atoms with E-state index in [0.29, 0.717) is 6.04 Å². The predicted octanol–water partition coefficient (Wildman–Crippen LogP) is 1.62. The molecule has 2 atom stereocenters. The van der Waals surface area contributed by atoms with Gasteiger partial charge >= 0.3 is 0 Å². The highest BCUT2D eigenvalue weighted by Gasteiger charge is 2.32. The Morgan fingerprint density at radius 1 is 1.54 bits per heavy atom. The zero-order chi connectivity index (χ0) is 9.42. The van der Waals surface area contributed by atoms with Crippen molar-refractivity contribution in [3.05, 3.63) is 11.6 Å². The molecule has 0 unspecified atom stereocenters. The fraction of sp³-hybridized carbons (Fsp3) is 0.727. The predicted molar refractivity (Wildman–Crippen MR) is 52.5 cm³/mol. The second-order valence-corrected chi connectivity index (χ2v) is 4.35. The zero-order valence-electron chi connectivity index (χ0n) is 8.42. The molecule has 1 aliphatic carbocycles. The maximum atomic E-state index is 11.4. The van der Waals surface area contributed by atoms with Crippen LogP contribution in [-0.4, -0.2) is 30.3 Å². The van der Waals surface area contributed by atoms with Crippen LogP contribution in [0.3, 0.4) is 0 Å². The third-order valence-corrected chi connectivity index (χ3v) is 3.36. The van der Waals surface area contributed by atoms with Gasteiger partial charge in [0, 0.05) is 18.2 Å². The number of rotatable bonds is 1. The fourth-order valence-corrected chi connectivity index (χ4v) is 2.63. The Labute approximate surface area is 79.6 Å². The van der Waals surface area contributed by atoms with Crippen molar-refractivity contribution in [1.29, 1.82) is 0 Å². The smallest absolute Gasteiger partial charge is 0.157 e. The summed E-state index contributed by atoms with van der Waals surface area (Å²) in [5, 5.41) is 0. The summed E-state index contributed by atoms with van der Waals surface area (Å²) in [6, 6.07) is 0.413. The minimum absolute atomic E-state index is 0.263. The van der Waals surface area contributed by atoms with Crippen molar-refractivity contribution < 1.29 is 4.79 Å². The highest BCUT2D eigenvalue weighted by Crippen LogP contribution is 2.32. The lowest BCUT2D eigenvalue weighted by molar-refractivity contribution is -0.114. The van der Waals surface area contributed by atoms with Crippen molar-refractivity contribution in [2.24, 2.45) is 5.92 Å². The summed E-state index contributed by atoms with van der Waals surface area (Å²) in [6.07, 6.45) is 5.75. The van der Waals surface area contributed by atoms with E-state index in [9.17, 15) is 4.79 Å². The molecule has 3 aliphatic rings. The third kappa shape index (κ3) is 1.55. The maximum Gasteiger partial charge on any atom is 0.157 e. The third-order valence-electron chi connectivity index (χ3n) is 3.36. The largest absolute Gasteiger partial charge is 0.299 e. The van der Waals surface area contributed by atoms with Gasteiger partial charge in [0.05, 0.1) is 0 Å². The average molecular weight is 179 g/mol. The Balaban J connectivity index is 2.27. The van der Waals surface area contributed by atoms with Gasteiger partial charge in [-0.25, -0.2) is 0 Å². The van der Waals surface area contributed by atoms with Crippen molar-refractivity contribution in [2.75, 3.05) is 13.6 Å². The van der Waals surface area contributed by atoms with Gasteiger partial charge in [-0.2, -0.15) is 0 Å². The Morgan fingerprint density at radius 2 is 2.31 bits per heavy atom. The summed E-state index contributed by atoms with van der Waals surface area (Å²) in [5.41, 5.74) is 1.06. The Kier molecular flexibility index (Phi) is 2.24. The van der Waals surface area contributed by atoms with Crippen molar-refractivity contribution >= 4 is 5.78 Å². The van der Waals surface area contributed by atoms with E-state index < -0.39 is 0 Å². The minimum Gasteiger partial charge on any atom is -0.299 e. The maximum absolute atomic E-state index is 11.4. The van der Waals surface area contributed by atoms with Gasteiger partial charge in [0.15, 0.2) is 5.78 Å². The number of ketones is 1. The molecule has 2 heterocycles. The van der Waals surface area contributed by atoms with Gasteiger partial charge in [0.1, 0.15) is 0 Å². The van der Waals surface area contributed by atoms with Crippen molar-refractivity contribution in [1.82, 2.24) is 4.90 Å². The number of carbonyl (C=O) groups is 1. The van der Waals surface area contributed by atoms with Crippen LogP contribution in [-0.2, 0) is 4.79 Å². The zero-order valence-corrected chi connectivity index (χ0v) is 8.42. The number of carbonyl (C=O) groups excluding carboxylic acids is 1. The van der Waals surface area contributed by atoms with Gasteiger partial charge in [-0.15, -0.1) is 0 Å². The van der Waals surface area contributed by atoms with Gasteiger partial charge in [-0.1, -0.05) is 6.08 Å². The molecule has 72 valence electrons. The van der Waals surface area contributed by atoms with E-state index in [2.05, 4.69) is 18.0 Å². The first-order chi connectivity index (χ1) is 6.18. The first kappa shape index (κ1) is 8.95. The molecule has 2 heteroatoms. The number of hydrogen-bond acceptors (Lipinski definition) is 2. The number of fused-ring (bicyclic) bond motifs is 3. The van der Waals surface area contributed by atoms with Gasteiger partial charge in [-0.05, 0) is 39.2 Å².